The Morgan fingerprint density at radius 1 is 0.975 bits per heavy atom. The number of aromatic nitrogens is 1. The number of rotatable bonds is 6. The summed E-state index contributed by atoms with van der Waals surface area (Å²) in [7, 11) is 3.32. The first kappa shape index (κ1) is 29.8. The molecule has 2 heterocycles. The van der Waals surface area contributed by atoms with Crippen LogP contribution in [0.4, 0.5) is 4.79 Å². The summed E-state index contributed by atoms with van der Waals surface area (Å²) in [6.07, 6.45) is 1.14. The Hall–Kier alpha value is -3.13. The summed E-state index contributed by atoms with van der Waals surface area (Å²) in [4.78, 5) is 31.4. The van der Waals surface area contributed by atoms with Crippen LogP contribution in [0.3, 0.4) is 0 Å². The van der Waals surface area contributed by atoms with Gasteiger partial charge in [0.1, 0.15) is 22.7 Å². The molecule has 1 aliphatic heterocycles. The molecule has 0 radical (unpaired) electrons. The van der Waals surface area contributed by atoms with E-state index in [1.807, 2.05) is 75.4 Å². The van der Waals surface area contributed by atoms with Gasteiger partial charge in [-0.05, 0) is 56.2 Å². The summed E-state index contributed by atoms with van der Waals surface area (Å²) in [6.45, 7) is 12.6. The molecule has 1 aliphatic rings. The summed E-state index contributed by atoms with van der Waals surface area (Å²) < 4.78 is 6.13. The number of benzene rings is 2. The van der Waals surface area contributed by atoms with Gasteiger partial charge in [-0.15, -0.1) is 5.06 Å². The van der Waals surface area contributed by atoms with Gasteiger partial charge in [0, 0.05) is 47.5 Å². The van der Waals surface area contributed by atoms with E-state index in [0.717, 1.165) is 16.8 Å². The molecule has 1 amide bonds. The number of halogens is 2. The molecule has 3 aromatic rings. The fourth-order valence-electron chi connectivity index (χ4n) is 5.04. The molecule has 4 rings (SSSR count). The zero-order valence-electron chi connectivity index (χ0n) is 24.3. The van der Waals surface area contributed by atoms with Gasteiger partial charge in [-0.2, -0.15) is 0 Å². The monoisotopic (exact) mass is 582 g/mol. The maximum Gasteiger partial charge on any atom is 0.435 e. The molecule has 0 unspecified atom stereocenters. The molecule has 0 N–H and O–H groups in total. The molecule has 1 aromatic heterocycles. The average molecular weight is 584 g/mol. The van der Waals surface area contributed by atoms with Crippen LogP contribution in [0.2, 0.25) is 10.0 Å². The first-order valence-corrected chi connectivity index (χ1v) is 13.9. The van der Waals surface area contributed by atoms with Crippen LogP contribution >= 0.6 is 23.2 Å². The van der Waals surface area contributed by atoms with Crippen molar-refractivity contribution in [2.24, 2.45) is 4.99 Å². The number of nitrogens with zero attached hydrogens (tertiary/aromatic N) is 4. The largest absolute Gasteiger partial charge is 0.493 e. The zero-order valence-corrected chi connectivity index (χ0v) is 25.8. The summed E-state index contributed by atoms with van der Waals surface area (Å²) in [5.41, 5.74) is 0.898. The maximum atomic E-state index is 14.0. The number of carbonyl (C=O) groups is 1. The normalized spacial score (nSPS) is 21.0. The highest BCUT2D eigenvalue weighted by Crippen LogP contribution is 2.54. The van der Waals surface area contributed by atoms with E-state index in [9.17, 15) is 4.79 Å². The minimum atomic E-state index is -1.06. The molecule has 0 saturated carbocycles. The predicted octanol–water partition coefficient (Wildman–Crippen LogP) is 7.59. The highest BCUT2D eigenvalue weighted by molar-refractivity contribution is 6.30. The highest BCUT2D eigenvalue weighted by Gasteiger charge is 2.60. The second-order valence-electron chi connectivity index (χ2n) is 11.3. The van der Waals surface area contributed by atoms with E-state index >= 15 is 0 Å². The van der Waals surface area contributed by atoms with Crippen molar-refractivity contribution in [2.75, 3.05) is 20.7 Å². The van der Waals surface area contributed by atoms with Gasteiger partial charge in [0.05, 0.1) is 12.2 Å². The topological polar surface area (TPSA) is 67.3 Å². The Morgan fingerprint density at radius 2 is 1.52 bits per heavy atom. The Balaban J connectivity index is 2.06. The third kappa shape index (κ3) is 5.30. The average Bonchev–Trinajstić information content (AvgIpc) is 3.12. The van der Waals surface area contributed by atoms with Gasteiger partial charge in [0.2, 0.25) is 0 Å². The van der Waals surface area contributed by atoms with Crippen LogP contribution in [0.15, 0.2) is 65.8 Å². The Bertz CT molecular complexity index is 1420. The van der Waals surface area contributed by atoms with E-state index in [0.29, 0.717) is 33.8 Å². The number of hydroxylamine groups is 2. The van der Waals surface area contributed by atoms with Crippen LogP contribution in [0.5, 0.6) is 5.75 Å². The molecule has 2 atom stereocenters. The van der Waals surface area contributed by atoms with Crippen molar-refractivity contribution in [1.82, 2.24) is 14.9 Å². The molecule has 0 bridgehead atoms. The number of aliphatic imine (C=N–C) groups is 1. The van der Waals surface area contributed by atoms with Gasteiger partial charge in [0.15, 0.2) is 0 Å². The molecular weight excluding hydrogens is 547 g/mol. The van der Waals surface area contributed by atoms with Gasteiger partial charge >= 0.3 is 6.09 Å². The SMILES string of the molecule is CCOc1cc(C(C)(C)C)ncc1C1=N[C@@](C)(c2ccc(Cl)cc2)[C@@](C)(c2ccc(Cl)cc2)N1C(=O)ON(C)C. The number of amides is 1. The molecule has 0 saturated heterocycles. The van der Waals surface area contributed by atoms with Crippen molar-refractivity contribution in [3.63, 3.8) is 0 Å². The minimum Gasteiger partial charge on any atom is -0.493 e. The zero-order chi connectivity index (χ0) is 29.5. The standard InChI is InChI=1S/C31H36Cl2N4O3/c1-9-39-25-18-26(29(2,3)4)34-19-24(25)27-35-30(5,20-10-14-22(32)15-11-20)31(6,21-12-16-23(33)17-13-21)37(27)28(38)40-36(7)8/h10-19H,9H2,1-8H3/t30-,31+/m0/s1. The van der Waals surface area contributed by atoms with E-state index in [-0.39, 0.29) is 5.41 Å². The number of hydrogen-bond donors (Lipinski definition) is 0. The van der Waals surface area contributed by atoms with Gasteiger partial charge in [0.25, 0.3) is 0 Å². The molecule has 212 valence electrons. The van der Waals surface area contributed by atoms with Crippen LogP contribution in [0, 0.1) is 0 Å². The summed E-state index contributed by atoms with van der Waals surface area (Å²) >= 11 is 12.6. The van der Waals surface area contributed by atoms with Crippen molar-refractivity contribution in [3.8, 4) is 5.75 Å². The molecule has 9 heteroatoms. The first-order chi connectivity index (χ1) is 18.7. The fourth-order valence-corrected chi connectivity index (χ4v) is 5.29. The van der Waals surface area contributed by atoms with Gasteiger partial charge < -0.3 is 9.57 Å². The number of ether oxygens (including phenoxy) is 1. The predicted molar refractivity (Wildman–Crippen MR) is 160 cm³/mol. The molecule has 0 aliphatic carbocycles. The van der Waals surface area contributed by atoms with Crippen LogP contribution in [0.25, 0.3) is 0 Å². The third-order valence-electron chi connectivity index (χ3n) is 7.37. The van der Waals surface area contributed by atoms with Crippen molar-refractivity contribution in [2.45, 2.75) is 58.0 Å². The lowest BCUT2D eigenvalue weighted by molar-refractivity contribution is -0.0752. The fraction of sp³-hybridized carbons (Fsp3) is 0.387. The van der Waals surface area contributed by atoms with E-state index < -0.39 is 17.2 Å². The van der Waals surface area contributed by atoms with Crippen LogP contribution in [-0.4, -0.2) is 47.6 Å². The quantitative estimate of drug-likeness (QED) is 0.280. The highest BCUT2D eigenvalue weighted by atomic mass is 35.5. The van der Waals surface area contributed by atoms with E-state index in [4.69, 9.17) is 42.8 Å². The van der Waals surface area contributed by atoms with Gasteiger partial charge in [-0.3, -0.25) is 9.98 Å². The molecular formula is C31H36Cl2N4O3. The van der Waals surface area contributed by atoms with Crippen LogP contribution in [0.1, 0.15) is 63.9 Å². The number of pyridine rings is 1. The lowest BCUT2D eigenvalue weighted by atomic mass is 9.71. The van der Waals surface area contributed by atoms with Gasteiger partial charge in [-0.25, -0.2) is 9.69 Å². The first-order valence-electron chi connectivity index (χ1n) is 13.2. The Morgan fingerprint density at radius 3 is 2.02 bits per heavy atom. The smallest absolute Gasteiger partial charge is 0.435 e. The van der Waals surface area contributed by atoms with Crippen molar-refractivity contribution < 1.29 is 14.4 Å². The summed E-state index contributed by atoms with van der Waals surface area (Å²) in [6, 6.07) is 16.9. The third-order valence-corrected chi connectivity index (χ3v) is 7.87. The Kier molecular flexibility index (Phi) is 8.23. The molecule has 2 aromatic carbocycles. The lowest BCUT2D eigenvalue weighted by Crippen LogP contribution is -2.55. The van der Waals surface area contributed by atoms with Gasteiger partial charge in [-0.1, -0.05) is 68.2 Å². The van der Waals surface area contributed by atoms with E-state index in [1.54, 1.807) is 25.2 Å². The van der Waals surface area contributed by atoms with Crippen molar-refractivity contribution in [1.29, 1.82) is 0 Å². The van der Waals surface area contributed by atoms with Crippen LogP contribution in [-0.2, 0) is 21.3 Å². The van der Waals surface area contributed by atoms with E-state index in [2.05, 4.69) is 20.8 Å². The van der Waals surface area contributed by atoms with E-state index in [1.165, 1.54) is 5.06 Å². The molecule has 0 fully saturated rings. The number of hydrogen-bond acceptors (Lipinski definition) is 6. The maximum absolute atomic E-state index is 14.0. The molecule has 0 spiro atoms. The minimum absolute atomic E-state index is 0.207. The molecule has 40 heavy (non-hydrogen) atoms. The second-order valence-corrected chi connectivity index (χ2v) is 12.2. The Labute approximate surface area is 246 Å². The van der Waals surface area contributed by atoms with Crippen LogP contribution < -0.4 is 4.74 Å². The second kappa shape index (κ2) is 11.0. The number of amidine groups is 1. The van der Waals surface area contributed by atoms with Crippen molar-refractivity contribution in [3.05, 3.63) is 93.2 Å². The number of carbonyl (C=O) groups excluding carboxylic acids is 1. The summed E-state index contributed by atoms with van der Waals surface area (Å²) in [5, 5.41) is 2.56. The molecule has 7 nitrogen and oxygen atoms in total. The lowest BCUT2D eigenvalue weighted by Gasteiger charge is -2.44. The summed E-state index contributed by atoms with van der Waals surface area (Å²) in [5.74, 6) is 0.973. The van der Waals surface area contributed by atoms with Crippen molar-refractivity contribution >= 4 is 35.1 Å².